The minimum Gasteiger partial charge on any atom is -0.352 e. The fraction of sp³-hybridized carbons (Fsp3) is 0.353. The minimum atomic E-state index is -4.49. The van der Waals surface area contributed by atoms with Crippen LogP contribution >= 0.6 is 11.3 Å². The Bertz CT molecular complexity index is 833. The highest BCUT2D eigenvalue weighted by molar-refractivity contribution is 7.16. The standard InChI is InChI=1S/C17H15F3N2OS/c1-9-6-11(8-21)24-14(9)10-4-5-13-12(7-10)16(2,3)23-15(22-13)17(18,19)20/h4-7,15,22H,1-3H3. The van der Waals surface area contributed by atoms with Crippen molar-refractivity contribution in [1.82, 2.24) is 0 Å². The van der Waals surface area contributed by atoms with E-state index in [1.165, 1.54) is 11.3 Å². The van der Waals surface area contributed by atoms with Crippen LogP contribution in [-0.2, 0) is 10.3 Å². The van der Waals surface area contributed by atoms with Crippen LogP contribution in [0.15, 0.2) is 24.3 Å². The molecule has 0 aliphatic carbocycles. The number of benzene rings is 1. The highest BCUT2D eigenvalue weighted by Gasteiger charge is 2.47. The second-order valence-corrected chi connectivity index (χ2v) is 7.24. The van der Waals surface area contributed by atoms with Gasteiger partial charge in [0, 0.05) is 16.1 Å². The van der Waals surface area contributed by atoms with E-state index in [0.717, 1.165) is 16.0 Å². The van der Waals surface area contributed by atoms with E-state index in [1.54, 1.807) is 32.0 Å². The van der Waals surface area contributed by atoms with Gasteiger partial charge >= 0.3 is 6.18 Å². The molecule has 0 radical (unpaired) electrons. The quantitative estimate of drug-likeness (QED) is 0.771. The molecule has 7 heteroatoms. The maximum Gasteiger partial charge on any atom is 0.433 e. The normalized spacial score (nSPS) is 19.3. The number of hydrogen-bond donors (Lipinski definition) is 1. The third-order valence-corrected chi connectivity index (χ3v) is 5.15. The van der Waals surface area contributed by atoms with E-state index in [0.29, 0.717) is 16.1 Å². The van der Waals surface area contributed by atoms with Gasteiger partial charge in [0.05, 0.1) is 5.60 Å². The summed E-state index contributed by atoms with van der Waals surface area (Å²) in [6, 6.07) is 9.15. The van der Waals surface area contributed by atoms with E-state index < -0.39 is 18.0 Å². The van der Waals surface area contributed by atoms with E-state index in [-0.39, 0.29) is 0 Å². The molecular weight excluding hydrogens is 337 g/mol. The van der Waals surface area contributed by atoms with E-state index >= 15 is 0 Å². The Hall–Kier alpha value is -2.04. The average molecular weight is 352 g/mol. The first-order valence-electron chi connectivity index (χ1n) is 7.28. The number of nitriles is 1. The minimum absolute atomic E-state index is 0.409. The summed E-state index contributed by atoms with van der Waals surface area (Å²) in [6.45, 7) is 5.15. The molecule has 0 saturated heterocycles. The molecule has 0 amide bonds. The summed E-state index contributed by atoms with van der Waals surface area (Å²) in [5.41, 5.74) is 1.81. The molecule has 0 saturated carbocycles. The zero-order valence-corrected chi connectivity index (χ0v) is 14.1. The third-order valence-electron chi connectivity index (χ3n) is 3.95. The summed E-state index contributed by atoms with van der Waals surface area (Å²) in [6.07, 6.45) is -6.51. The van der Waals surface area contributed by atoms with Crippen LogP contribution in [-0.4, -0.2) is 12.4 Å². The van der Waals surface area contributed by atoms with Gasteiger partial charge in [0.2, 0.25) is 6.23 Å². The molecule has 1 aromatic carbocycles. The average Bonchev–Trinajstić information content (AvgIpc) is 2.86. The van der Waals surface area contributed by atoms with Gasteiger partial charge < -0.3 is 10.1 Å². The van der Waals surface area contributed by atoms with Crippen LogP contribution in [0, 0.1) is 18.3 Å². The molecule has 24 heavy (non-hydrogen) atoms. The van der Waals surface area contributed by atoms with E-state index in [1.807, 2.05) is 13.0 Å². The first kappa shape index (κ1) is 16.8. The smallest absolute Gasteiger partial charge is 0.352 e. The summed E-state index contributed by atoms with van der Waals surface area (Å²) in [7, 11) is 0. The SMILES string of the molecule is Cc1cc(C#N)sc1-c1ccc2c(c1)C(C)(C)OC(C(F)(F)F)N2. The fourth-order valence-corrected chi connectivity index (χ4v) is 3.78. The van der Waals surface area contributed by atoms with Crippen LogP contribution in [0.25, 0.3) is 10.4 Å². The molecule has 1 N–H and O–H groups in total. The lowest BCUT2D eigenvalue weighted by atomic mass is 9.91. The molecule has 0 bridgehead atoms. The highest BCUT2D eigenvalue weighted by Crippen LogP contribution is 2.43. The van der Waals surface area contributed by atoms with Gasteiger partial charge in [0.25, 0.3) is 0 Å². The zero-order valence-electron chi connectivity index (χ0n) is 13.3. The Morgan fingerprint density at radius 1 is 1.29 bits per heavy atom. The van der Waals surface area contributed by atoms with Gasteiger partial charge in [-0.2, -0.15) is 18.4 Å². The summed E-state index contributed by atoms with van der Waals surface area (Å²) in [4.78, 5) is 1.54. The molecule has 1 aliphatic heterocycles. The van der Waals surface area contributed by atoms with Crippen molar-refractivity contribution in [2.24, 2.45) is 0 Å². The molecule has 2 aromatic rings. The van der Waals surface area contributed by atoms with Crippen molar-refractivity contribution < 1.29 is 17.9 Å². The second-order valence-electron chi connectivity index (χ2n) is 6.19. The number of thiophene rings is 1. The van der Waals surface area contributed by atoms with Gasteiger partial charge in [-0.3, -0.25) is 0 Å². The van der Waals surface area contributed by atoms with Gasteiger partial charge in [-0.1, -0.05) is 6.07 Å². The molecule has 3 rings (SSSR count). The molecule has 0 fully saturated rings. The van der Waals surface area contributed by atoms with Crippen molar-refractivity contribution in [3.8, 4) is 16.5 Å². The first-order valence-corrected chi connectivity index (χ1v) is 8.10. The third kappa shape index (κ3) is 2.87. The summed E-state index contributed by atoms with van der Waals surface area (Å²) >= 11 is 1.37. The van der Waals surface area contributed by atoms with Crippen molar-refractivity contribution in [1.29, 1.82) is 5.26 Å². The lowest BCUT2D eigenvalue weighted by molar-refractivity contribution is -0.243. The number of hydrogen-bond acceptors (Lipinski definition) is 4. The van der Waals surface area contributed by atoms with Crippen molar-refractivity contribution >= 4 is 17.0 Å². The maximum absolute atomic E-state index is 13.0. The lowest BCUT2D eigenvalue weighted by Gasteiger charge is -2.39. The lowest BCUT2D eigenvalue weighted by Crippen LogP contribution is -2.47. The zero-order chi connectivity index (χ0) is 17.7. The molecular formula is C17H15F3N2OS. The highest BCUT2D eigenvalue weighted by atomic mass is 32.1. The molecule has 1 atom stereocenters. The largest absolute Gasteiger partial charge is 0.433 e. The van der Waals surface area contributed by atoms with Crippen LogP contribution in [0.1, 0.15) is 29.9 Å². The number of anilines is 1. The van der Waals surface area contributed by atoms with E-state index in [4.69, 9.17) is 10.00 Å². The van der Waals surface area contributed by atoms with Crippen molar-refractivity contribution in [3.05, 3.63) is 40.3 Å². The number of nitrogens with one attached hydrogen (secondary N) is 1. The summed E-state index contributed by atoms with van der Waals surface area (Å²) < 4.78 is 44.2. The predicted octanol–water partition coefficient (Wildman–Crippen LogP) is 5.16. The number of rotatable bonds is 1. The molecule has 2 heterocycles. The van der Waals surface area contributed by atoms with Gasteiger partial charge in [-0.25, -0.2) is 0 Å². The van der Waals surface area contributed by atoms with Crippen LogP contribution in [0.5, 0.6) is 0 Å². The Morgan fingerprint density at radius 3 is 2.58 bits per heavy atom. The molecule has 126 valence electrons. The number of halogens is 3. The van der Waals surface area contributed by atoms with Crippen LogP contribution in [0.2, 0.25) is 0 Å². The molecule has 1 aliphatic rings. The summed E-state index contributed by atoms with van der Waals surface area (Å²) in [5, 5.41) is 11.4. The maximum atomic E-state index is 13.0. The summed E-state index contributed by atoms with van der Waals surface area (Å²) in [5.74, 6) is 0. The Labute approximate surface area is 141 Å². The number of fused-ring (bicyclic) bond motifs is 1. The van der Waals surface area contributed by atoms with E-state index in [9.17, 15) is 13.2 Å². The monoisotopic (exact) mass is 352 g/mol. The predicted molar refractivity (Wildman–Crippen MR) is 86.8 cm³/mol. The van der Waals surface area contributed by atoms with Gasteiger partial charge in [0.15, 0.2) is 0 Å². The van der Waals surface area contributed by atoms with Gasteiger partial charge in [-0.15, -0.1) is 11.3 Å². The molecule has 0 spiro atoms. The van der Waals surface area contributed by atoms with Crippen molar-refractivity contribution in [2.45, 2.75) is 38.8 Å². The van der Waals surface area contributed by atoms with Crippen molar-refractivity contribution in [2.75, 3.05) is 5.32 Å². The Balaban J connectivity index is 2.06. The van der Waals surface area contributed by atoms with Gasteiger partial charge in [-0.05, 0) is 50.1 Å². The number of alkyl halides is 3. The molecule has 3 nitrogen and oxygen atoms in total. The van der Waals surface area contributed by atoms with Gasteiger partial charge in [0.1, 0.15) is 10.9 Å². The Kier molecular flexibility index (Phi) is 3.85. The number of ether oxygens (including phenoxy) is 1. The first-order chi connectivity index (χ1) is 11.1. The Morgan fingerprint density at radius 2 is 2.00 bits per heavy atom. The molecule has 1 aromatic heterocycles. The topological polar surface area (TPSA) is 45.0 Å². The van der Waals surface area contributed by atoms with Crippen molar-refractivity contribution in [3.63, 3.8) is 0 Å². The molecule has 1 unspecified atom stereocenters. The fourth-order valence-electron chi connectivity index (χ4n) is 2.81. The van der Waals surface area contributed by atoms with E-state index in [2.05, 4.69) is 11.4 Å². The van der Waals surface area contributed by atoms with Crippen LogP contribution in [0.3, 0.4) is 0 Å². The number of nitrogens with zero attached hydrogens (tertiary/aromatic N) is 1. The van der Waals surface area contributed by atoms with Crippen LogP contribution < -0.4 is 5.32 Å². The number of aryl methyl sites for hydroxylation is 1. The van der Waals surface area contributed by atoms with Crippen LogP contribution in [0.4, 0.5) is 18.9 Å². The second kappa shape index (κ2) is 5.50.